The predicted molar refractivity (Wildman–Crippen MR) is 148 cm³/mol. The fraction of sp³-hybridized carbons (Fsp3) is 0.0323. The number of aromatic nitrogens is 1. The summed E-state index contributed by atoms with van der Waals surface area (Å²) in [6.07, 6.45) is 0. The minimum Gasteiger partial charge on any atom is -0.343 e. The first-order valence-corrected chi connectivity index (χ1v) is 12.3. The van der Waals surface area contributed by atoms with Gasteiger partial charge in [0.15, 0.2) is 0 Å². The van der Waals surface area contributed by atoms with Gasteiger partial charge in [-0.3, -0.25) is 0 Å². The average molecular weight is 455 g/mol. The minimum atomic E-state index is 1.19. The maximum Gasteiger partial charge on any atom is 0.0592 e. The summed E-state index contributed by atoms with van der Waals surface area (Å²) in [6, 6.07) is 41.5. The molecule has 0 bridgehead atoms. The number of rotatable bonds is 3. The summed E-state index contributed by atoms with van der Waals surface area (Å²) in [5.74, 6) is 0. The third kappa shape index (κ3) is 2.81. The van der Waals surface area contributed by atoms with Crippen molar-refractivity contribution in [3.8, 4) is 5.69 Å². The van der Waals surface area contributed by atoms with Crippen LogP contribution in [0.4, 0.5) is 11.4 Å². The van der Waals surface area contributed by atoms with Crippen LogP contribution in [0.2, 0.25) is 0 Å². The molecule has 0 saturated heterocycles. The lowest BCUT2D eigenvalue weighted by Gasteiger charge is -2.21. The van der Waals surface area contributed by atoms with Crippen LogP contribution in [0, 0.1) is 0 Å². The van der Waals surface area contributed by atoms with Crippen molar-refractivity contribution in [1.29, 1.82) is 0 Å². The Balaban J connectivity index is 1.44. The highest BCUT2D eigenvalue weighted by atomic mass is 32.1. The molecule has 0 N–H and O–H groups in total. The van der Waals surface area contributed by atoms with Gasteiger partial charge >= 0.3 is 0 Å². The largest absolute Gasteiger partial charge is 0.343 e. The lowest BCUT2D eigenvalue weighted by molar-refractivity contribution is 1.18. The third-order valence-corrected chi connectivity index (χ3v) is 8.01. The van der Waals surface area contributed by atoms with E-state index in [1.165, 1.54) is 59.0 Å². The van der Waals surface area contributed by atoms with Gasteiger partial charge in [-0.05, 0) is 48.5 Å². The molecule has 2 heterocycles. The highest BCUT2D eigenvalue weighted by molar-refractivity contribution is 7.26. The van der Waals surface area contributed by atoms with E-state index >= 15 is 0 Å². The van der Waals surface area contributed by atoms with Gasteiger partial charge in [0.1, 0.15) is 0 Å². The lowest BCUT2D eigenvalue weighted by Crippen LogP contribution is -2.09. The molecule has 0 radical (unpaired) electrons. The molecular weight excluding hydrogens is 432 g/mol. The Morgan fingerprint density at radius 1 is 0.588 bits per heavy atom. The van der Waals surface area contributed by atoms with Crippen LogP contribution >= 0.6 is 11.3 Å². The molecule has 162 valence electrons. The molecule has 3 heteroatoms. The fourth-order valence-corrected chi connectivity index (χ4v) is 6.41. The molecule has 0 amide bonds. The van der Waals surface area contributed by atoms with E-state index in [1.54, 1.807) is 0 Å². The summed E-state index contributed by atoms with van der Waals surface area (Å²) in [4.78, 5) is 2.33. The van der Waals surface area contributed by atoms with Crippen LogP contribution < -0.4 is 4.90 Å². The molecule has 0 aliphatic heterocycles. The van der Waals surface area contributed by atoms with Crippen molar-refractivity contribution in [2.45, 2.75) is 0 Å². The van der Waals surface area contributed by atoms with Gasteiger partial charge in [-0.15, -0.1) is 11.3 Å². The van der Waals surface area contributed by atoms with Crippen molar-refractivity contribution in [3.05, 3.63) is 115 Å². The standard InChI is InChI=1S/C31H22N2S/c1-32(29-16-9-14-25-24-13-6-8-17-30(24)34-31(25)29)22-18-19-28-26(20-22)23-12-5-7-15-27(23)33(28)21-10-3-2-4-11-21/h2-20H,1H3. The number of nitrogens with zero attached hydrogens (tertiary/aromatic N) is 2. The second kappa shape index (κ2) is 7.47. The van der Waals surface area contributed by atoms with Crippen molar-refractivity contribution in [2.75, 3.05) is 11.9 Å². The fourth-order valence-electron chi connectivity index (χ4n) is 5.16. The number of anilines is 2. The maximum atomic E-state index is 2.36. The summed E-state index contributed by atoms with van der Waals surface area (Å²) in [5, 5.41) is 5.20. The van der Waals surface area contributed by atoms with Crippen molar-refractivity contribution in [2.24, 2.45) is 0 Å². The Bertz CT molecular complexity index is 1830. The van der Waals surface area contributed by atoms with Crippen molar-refractivity contribution in [1.82, 2.24) is 4.57 Å². The van der Waals surface area contributed by atoms with E-state index in [-0.39, 0.29) is 0 Å². The maximum absolute atomic E-state index is 2.36. The minimum absolute atomic E-state index is 1.19. The zero-order chi connectivity index (χ0) is 22.6. The second-order valence-electron chi connectivity index (χ2n) is 8.70. The first-order valence-electron chi connectivity index (χ1n) is 11.5. The number of hydrogen-bond acceptors (Lipinski definition) is 2. The van der Waals surface area contributed by atoms with Crippen LogP contribution in [0.1, 0.15) is 0 Å². The molecule has 0 fully saturated rings. The van der Waals surface area contributed by atoms with Crippen LogP contribution in [-0.2, 0) is 0 Å². The highest BCUT2D eigenvalue weighted by Crippen LogP contribution is 2.42. The van der Waals surface area contributed by atoms with E-state index in [4.69, 9.17) is 0 Å². The first kappa shape index (κ1) is 19.4. The van der Waals surface area contributed by atoms with E-state index in [0.29, 0.717) is 0 Å². The number of fused-ring (bicyclic) bond motifs is 6. The van der Waals surface area contributed by atoms with E-state index in [1.807, 2.05) is 11.3 Å². The summed E-state index contributed by atoms with van der Waals surface area (Å²) in [6.45, 7) is 0. The molecule has 7 aromatic rings. The zero-order valence-corrected chi connectivity index (χ0v) is 19.6. The van der Waals surface area contributed by atoms with Crippen LogP contribution in [0.3, 0.4) is 0 Å². The molecule has 5 aromatic carbocycles. The predicted octanol–water partition coefficient (Wildman–Crippen LogP) is 8.92. The van der Waals surface area contributed by atoms with Crippen LogP contribution in [0.25, 0.3) is 47.7 Å². The smallest absolute Gasteiger partial charge is 0.0592 e. The lowest BCUT2D eigenvalue weighted by atomic mass is 10.1. The van der Waals surface area contributed by atoms with Gasteiger partial charge in [-0.25, -0.2) is 0 Å². The number of thiophene rings is 1. The quantitative estimate of drug-likeness (QED) is 0.259. The van der Waals surface area contributed by atoms with Crippen LogP contribution in [0.15, 0.2) is 115 Å². The van der Waals surface area contributed by atoms with Gasteiger partial charge in [0.2, 0.25) is 0 Å². The first-order chi connectivity index (χ1) is 16.8. The van der Waals surface area contributed by atoms with Gasteiger partial charge < -0.3 is 9.47 Å². The molecule has 2 aromatic heterocycles. The Morgan fingerprint density at radius 3 is 2.18 bits per heavy atom. The van der Waals surface area contributed by atoms with Gasteiger partial charge in [0, 0.05) is 44.7 Å². The highest BCUT2D eigenvalue weighted by Gasteiger charge is 2.16. The second-order valence-corrected chi connectivity index (χ2v) is 9.75. The topological polar surface area (TPSA) is 8.17 Å². The normalized spacial score (nSPS) is 11.7. The monoisotopic (exact) mass is 454 g/mol. The van der Waals surface area contributed by atoms with Crippen LogP contribution in [-0.4, -0.2) is 11.6 Å². The Morgan fingerprint density at radius 2 is 1.29 bits per heavy atom. The Kier molecular flexibility index (Phi) is 4.26. The van der Waals surface area contributed by atoms with E-state index < -0.39 is 0 Å². The van der Waals surface area contributed by atoms with Gasteiger partial charge in [0.05, 0.1) is 21.4 Å². The molecule has 0 atom stereocenters. The number of hydrogen-bond donors (Lipinski definition) is 0. The summed E-state index contributed by atoms with van der Waals surface area (Å²) in [5.41, 5.74) is 6.07. The molecule has 0 unspecified atom stereocenters. The number of para-hydroxylation sites is 2. The molecule has 7 rings (SSSR count). The molecular formula is C31H22N2S. The zero-order valence-electron chi connectivity index (χ0n) is 18.8. The average Bonchev–Trinajstić information content (AvgIpc) is 3.44. The van der Waals surface area contributed by atoms with E-state index in [0.717, 1.165) is 0 Å². The third-order valence-electron chi connectivity index (χ3n) is 6.80. The van der Waals surface area contributed by atoms with Crippen molar-refractivity contribution >= 4 is 64.7 Å². The van der Waals surface area contributed by atoms with E-state index in [9.17, 15) is 0 Å². The molecule has 2 nitrogen and oxygen atoms in total. The van der Waals surface area contributed by atoms with E-state index in [2.05, 4.69) is 132 Å². The summed E-state index contributed by atoms with van der Waals surface area (Å²) in [7, 11) is 2.18. The van der Waals surface area contributed by atoms with Crippen molar-refractivity contribution in [3.63, 3.8) is 0 Å². The number of benzene rings is 5. The molecule has 0 aliphatic rings. The SMILES string of the molecule is CN(c1ccc2c(c1)c1ccccc1n2-c1ccccc1)c1cccc2c1sc1ccccc12. The molecule has 34 heavy (non-hydrogen) atoms. The molecule has 0 aliphatic carbocycles. The van der Waals surface area contributed by atoms with Gasteiger partial charge in [-0.2, -0.15) is 0 Å². The van der Waals surface area contributed by atoms with Crippen molar-refractivity contribution < 1.29 is 0 Å². The van der Waals surface area contributed by atoms with Gasteiger partial charge in [-0.1, -0.05) is 66.7 Å². The summed E-state index contributed by atoms with van der Waals surface area (Å²) < 4.78 is 5.03. The molecule has 0 saturated carbocycles. The van der Waals surface area contributed by atoms with Crippen LogP contribution in [0.5, 0.6) is 0 Å². The van der Waals surface area contributed by atoms with Gasteiger partial charge in [0.25, 0.3) is 0 Å². The summed E-state index contributed by atoms with van der Waals surface area (Å²) >= 11 is 1.87. The Labute approximate surface area is 201 Å². The molecule has 0 spiro atoms. The Hall–Kier alpha value is -4.08.